The van der Waals surface area contributed by atoms with Gasteiger partial charge in [-0.25, -0.2) is 4.79 Å². The summed E-state index contributed by atoms with van der Waals surface area (Å²) in [6.07, 6.45) is 1.54. The van der Waals surface area contributed by atoms with Gasteiger partial charge in [-0.2, -0.15) is 0 Å². The van der Waals surface area contributed by atoms with Crippen LogP contribution < -0.4 is 10.6 Å². The van der Waals surface area contributed by atoms with Crippen LogP contribution in [0.3, 0.4) is 0 Å². The molecule has 0 saturated carbocycles. The van der Waals surface area contributed by atoms with E-state index in [2.05, 4.69) is 10.6 Å². The third-order valence-electron chi connectivity index (χ3n) is 3.27. The summed E-state index contributed by atoms with van der Waals surface area (Å²) in [7, 11) is 0. The SMILES string of the molecule is CC(=O)N[C@@H](CCCCNC(=O)OCc1ccccc1)C(C)=O. The van der Waals surface area contributed by atoms with Crippen molar-refractivity contribution >= 4 is 17.8 Å². The van der Waals surface area contributed by atoms with Crippen molar-refractivity contribution in [1.82, 2.24) is 10.6 Å². The van der Waals surface area contributed by atoms with Crippen LogP contribution in [0.5, 0.6) is 0 Å². The third kappa shape index (κ3) is 8.60. The number of hydrogen-bond acceptors (Lipinski definition) is 4. The van der Waals surface area contributed by atoms with Gasteiger partial charge in [0.1, 0.15) is 6.61 Å². The van der Waals surface area contributed by atoms with Gasteiger partial charge in [-0.1, -0.05) is 30.3 Å². The minimum absolute atomic E-state index is 0.0598. The summed E-state index contributed by atoms with van der Waals surface area (Å²) in [4.78, 5) is 33.9. The fourth-order valence-corrected chi connectivity index (χ4v) is 2.06. The van der Waals surface area contributed by atoms with Gasteiger partial charge in [0.2, 0.25) is 5.91 Å². The maximum Gasteiger partial charge on any atom is 0.407 e. The van der Waals surface area contributed by atoms with Gasteiger partial charge >= 0.3 is 6.09 Å². The molecule has 0 heterocycles. The number of unbranched alkanes of at least 4 members (excludes halogenated alkanes) is 1. The lowest BCUT2D eigenvalue weighted by atomic mass is 10.1. The van der Waals surface area contributed by atoms with E-state index in [9.17, 15) is 14.4 Å². The highest BCUT2D eigenvalue weighted by Crippen LogP contribution is 2.03. The Hall–Kier alpha value is -2.37. The van der Waals surface area contributed by atoms with Gasteiger partial charge in [-0.05, 0) is 31.7 Å². The van der Waals surface area contributed by atoms with E-state index < -0.39 is 12.1 Å². The molecule has 0 radical (unpaired) electrons. The first-order valence-electron chi connectivity index (χ1n) is 7.71. The molecule has 23 heavy (non-hydrogen) atoms. The highest BCUT2D eigenvalue weighted by Gasteiger charge is 2.14. The lowest BCUT2D eigenvalue weighted by molar-refractivity contribution is -0.125. The molecule has 1 rings (SSSR count). The fourth-order valence-electron chi connectivity index (χ4n) is 2.06. The van der Waals surface area contributed by atoms with Gasteiger partial charge in [-0.3, -0.25) is 9.59 Å². The number of carbonyl (C=O) groups excluding carboxylic acids is 3. The van der Waals surface area contributed by atoms with Gasteiger partial charge in [0.25, 0.3) is 0 Å². The van der Waals surface area contributed by atoms with Crippen LogP contribution in [0.25, 0.3) is 0 Å². The Kier molecular flexibility index (Phi) is 8.42. The first-order chi connectivity index (χ1) is 11.0. The molecule has 126 valence electrons. The first-order valence-corrected chi connectivity index (χ1v) is 7.71. The smallest absolute Gasteiger partial charge is 0.407 e. The van der Waals surface area contributed by atoms with E-state index in [4.69, 9.17) is 4.74 Å². The van der Waals surface area contributed by atoms with E-state index >= 15 is 0 Å². The molecule has 0 aromatic heterocycles. The Bertz CT molecular complexity index is 517. The number of hydrogen-bond donors (Lipinski definition) is 2. The standard InChI is InChI=1S/C17H24N2O4/c1-13(20)16(19-14(2)21)10-6-7-11-18-17(22)23-12-15-8-4-3-5-9-15/h3-5,8-9,16H,6-7,10-12H2,1-2H3,(H,18,22)(H,19,21)/t16-/m0/s1. The molecule has 0 aliphatic heterocycles. The molecule has 6 nitrogen and oxygen atoms in total. The van der Waals surface area contributed by atoms with Gasteiger partial charge < -0.3 is 15.4 Å². The number of ether oxygens (including phenoxy) is 1. The number of Topliss-reactive ketones (excluding diaryl/α,β-unsaturated/α-hetero) is 1. The van der Waals surface area contributed by atoms with Crippen LogP contribution in [0, 0.1) is 0 Å². The number of nitrogens with one attached hydrogen (secondary N) is 2. The third-order valence-corrected chi connectivity index (χ3v) is 3.27. The summed E-state index contributed by atoms with van der Waals surface area (Å²) in [6.45, 7) is 3.56. The Balaban J connectivity index is 2.12. The predicted molar refractivity (Wildman–Crippen MR) is 86.8 cm³/mol. The van der Waals surface area contributed by atoms with Crippen molar-refractivity contribution in [2.24, 2.45) is 0 Å². The number of alkyl carbamates (subject to hydrolysis) is 1. The molecule has 0 aliphatic rings. The van der Waals surface area contributed by atoms with Crippen molar-refractivity contribution in [2.75, 3.05) is 6.54 Å². The quantitative estimate of drug-likeness (QED) is 0.683. The number of ketones is 1. The van der Waals surface area contributed by atoms with E-state index in [-0.39, 0.29) is 18.3 Å². The molecule has 1 atom stereocenters. The van der Waals surface area contributed by atoms with Crippen molar-refractivity contribution in [3.8, 4) is 0 Å². The molecule has 0 fully saturated rings. The van der Waals surface area contributed by atoms with Crippen LogP contribution in [0.1, 0.15) is 38.7 Å². The predicted octanol–water partition coefficient (Wildman–Crippen LogP) is 2.18. The van der Waals surface area contributed by atoms with Crippen LogP contribution in [-0.2, 0) is 20.9 Å². The summed E-state index contributed by atoms with van der Waals surface area (Å²) in [5.41, 5.74) is 0.933. The maximum atomic E-state index is 11.5. The Morgan fingerprint density at radius 3 is 2.39 bits per heavy atom. The van der Waals surface area contributed by atoms with E-state index in [1.165, 1.54) is 13.8 Å². The second-order valence-corrected chi connectivity index (χ2v) is 5.35. The van der Waals surface area contributed by atoms with E-state index in [0.717, 1.165) is 12.0 Å². The summed E-state index contributed by atoms with van der Waals surface area (Å²) >= 11 is 0. The van der Waals surface area contributed by atoms with E-state index in [1.807, 2.05) is 30.3 Å². The number of amides is 2. The van der Waals surface area contributed by atoms with Crippen molar-refractivity contribution in [2.45, 2.75) is 45.8 Å². The minimum Gasteiger partial charge on any atom is -0.445 e. The molecule has 0 spiro atoms. The topological polar surface area (TPSA) is 84.5 Å². The van der Waals surface area contributed by atoms with Crippen molar-refractivity contribution in [3.63, 3.8) is 0 Å². The molecular weight excluding hydrogens is 296 g/mol. The molecular formula is C17H24N2O4. The van der Waals surface area contributed by atoms with Crippen molar-refractivity contribution in [1.29, 1.82) is 0 Å². The number of rotatable bonds is 9. The van der Waals surface area contributed by atoms with Gasteiger partial charge in [0.15, 0.2) is 5.78 Å². The van der Waals surface area contributed by atoms with Crippen LogP contribution in [0.2, 0.25) is 0 Å². The summed E-state index contributed by atoms with van der Waals surface area (Å²) in [6, 6.07) is 9.00. The minimum atomic E-state index is -0.459. The second-order valence-electron chi connectivity index (χ2n) is 5.35. The largest absolute Gasteiger partial charge is 0.445 e. The lowest BCUT2D eigenvalue weighted by Gasteiger charge is -2.14. The number of benzene rings is 1. The van der Waals surface area contributed by atoms with Crippen LogP contribution >= 0.6 is 0 Å². The molecule has 6 heteroatoms. The second kappa shape index (κ2) is 10.4. The Labute approximate surface area is 136 Å². The molecule has 2 amide bonds. The highest BCUT2D eigenvalue weighted by atomic mass is 16.5. The number of carbonyl (C=O) groups is 3. The molecule has 0 unspecified atom stereocenters. The fraction of sp³-hybridized carbons (Fsp3) is 0.471. The van der Waals surface area contributed by atoms with Gasteiger partial charge in [-0.15, -0.1) is 0 Å². The summed E-state index contributed by atoms with van der Waals surface area (Å²) < 4.78 is 5.09. The van der Waals surface area contributed by atoms with Gasteiger partial charge in [0.05, 0.1) is 6.04 Å². The van der Waals surface area contributed by atoms with E-state index in [1.54, 1.807) is 0 Å². The average molecular weight is 320 g/mol. The Morgan fingerprint density at radius 1 is 1.09 bits per heavy atom. The average Bonchev–Trinajstić information content (AvgIpc) is 2.52. The molecule has 1 aromatic carbocycles. The van der Waals surface area contributed by atoms with Gasteiger partial charge in [0, 0.05) is 13.5 Å². The van der Waals surface area contributed by atoms with Crippen molar-refractivity contribution < 1.29 is 19.1 Å². The zero-order chi connectivity index (χ0) is 17.1. The normalized spacial score (nSPS) is 11.4. The monoisotopic (exact) mass is 320 g/mol. The highest BCUT2D eigenvalue weighted by molar-refractivity contribution is 5.86. The molecule has 0 saturated heterocycles. The Morgan fingerprint density at radius 2 is 1.78 bits per heavy atom. The van der Waals surface area contributed by atoms with Crippen LogP contribution in [0.15, 0.2) is 30.3 Å². The maximum absolute atomic E-state index is 11.5. The lowest BCUT2D eigenvalue weighted by Crippen LogP contribution is -2.38. The zero-order valence-electron chi connectivity index (χ0n) is 13.6. The molecule has 1 aromatic rings. The molecule has 0 aliphatic carbocycles. The zero-order valence-corrected chi connectivity index (χ0v) is 13.6. The molecule has 2 N–H and O–H groups in total. The summed E-state index contributed by atoms with van der Waals surface area (Å²) in [5.74, 6) is -0.275. The van der Waals surface area contributed by atoms with Crippen molar-refractivity contribution in [3.05, 3.63) is 35.9 Å². The van der Waals surface area contributed by atoms with Crippen LogP contribution in [-0.4, -0.2) is 30.4 Å². The van der Waals surface area contributed by atoms with E-state index in [0.29, 0.717) is 19.4 Å². The first kappa shape index (κ1) is 18.7. The van der Waals surface area contributed by atoms with Crippen LogP contribution in [0.4, 0.5) is 4.79 Å². The summed E-state index contributed by atoms with van der Waals surface area (Å²) in [5, 5.41) is 5.28. The molecule has 0 bridgehead atoms.